The highest BCUT2D eigenvalue weighted by Gasteiger charge is 2.04. The van der Waals surface area contributed by atoms with Crippen LogP contribution in [0, 0.1) is 13.8 Å². The molecule has 0 saturated carbocycles. The van der Waals surface area contributed by atoms with Crippen molar-refractivity contribution in [1.29, 1.82) is 0 Å². The van der Waals surface area contributed by atoms with E-state index in [-0.39, 0.29) is 0 Å². The lowest BCUT2D eigenvalue weighted by atomic mass is 10.1. The van der Waals surface area contributed by atoms with E-state index in [0.717, 1.165) is 22.6 Å². The van der Waals surface area contributed by atoms with Gasteiger partial charge in [0.15, 0.2) is 0 Å². The van der Waals surface area contributed by atoms with Gasteiger partial charge in [0.05, 0.1) is 5.69 Å². The van der Waals surface area contributed by atoms with Gasteiger partial charge in [0.2, 0.25) is 0 Å². The van der Waals surface area contributed by atoms with E-state index >= 15 is 0 Å². The number of nitrogens with one attached hydrogen (secondary N) is 1. The highest BCUT2D eigenvalue weighted by molar-refractivity contribution is 5.39. The van der Waals surface area contributed by atoms with Gasteiger partial charge in [-0.15, -0.1) is 0 Å². The van der Waals surface area contributed by atoms with Crippen molar-refractivity contribution in [2.24, 2.45) is 0 Å². The van der Waals surface area contributed by atoms with Crippen LogP contribution < -0.4 is 5.32 Å². The van der Waals surface area contributed by atoms with Crippen molar-refractivity contribution in [3.8, 4) is 5.75 Å². The summed E-state index contributed by atoms with van der Waals surface area (Å²) in [6, 6.07) is 7.62. The average molecular weight is 232 g/mol. The standard InChI is InChI=1S/C13H16N2O2/c1-9-4-3-5-11(13(9)16)7-14-8-12-6-10(2)17-15-12/h3-6,14,16H,7-8H2,1-2H3. The summed E-state index contributed by atoms with van der Waals surface area (Å²) in [7, 11) is 0. The number of aromatic nitrogens is 1. The van der Waals surface area contributed by atoms with Gasteiger partial charge in [-0.3, -0.25) is 0 Å². The summed E-state index contributed by atoms with van der Waals surface area (Å²) in [6.45, 7) is 4.99. The van der Waals surface area contributed by atoms with Crippen LogP contribution in [0.2, 0.25) is 0 Å². The van der Waals surface area contributed by atoms with Gasteiger partial charge in [-0.25, -0.2) is 0 Å². The predicted molar refractivity (Wildman–Crippen MR) is 64.6 cm³/mol. The highest BCUT2D eigenvalue weighted by atomic mass is 16.5. The van der Waals surface area contributed by atoms with Crippen LogP contribution in [0.3, 0.4) is 0 Å². The molecule has 2 N–H and O–H groups in total. The van der Waals surface area contributed by atoms with E-state index in [1.807, 2.05) is 38.1 Å². The Kier molecular flexibility index (Phi) is 3.44. The van der Waals surface area contributed by atoms with E-state index in [0.29, 0.717) is 18.8 Å². The van der Waals surface area contributed by atoms with Crippen LogP contribution in [0.25, 0.3) is 0 Å². The Balaban J connectivity index is 1.92. The monoisotopic (exact) mass is 232 g/mol. The molecular formula is C13H16N2O2. The lowest BCUT2D eigenvalue weighted by molar-refractivity contribution is 0.388. The fraction of sp³-hybridized carbons (Fsp3) is 0.308. The van der Waals surface area contributed by atoms with Gasteiger partial charge < -0.3 is 14.9 Å². The Morgan fingerprint density at radius 2 is 2.12 bits per heavy atom. The van der Waals surface area contributed by atoms with Gasteiger partial charge in [-0.05, 0) is 19.4 Å². The Morgan fingerprint density at radius 1 is 1.29 bits per heavy atom. The van der Waals surface area contributed by atoms with Crippen molar-refractivity contribution in [3.63, 3.8) is 0 Å². The fourth-order valence-electron chi connectivity index (χ4n) is 1.69. The SMILES string of the molecule is Cc1cc(CNCc2cccc(C)c2O)no1. The van der Waals surface area contributed by atoms with Crippen molar-refractivity contribution in [3.05, 3.63) is 46.8 Å². The van der Waals surface area contributed by atoms with Gasteiger partial charge in [0.1, 0.15) is 11.5 Å². The lowest BCUT2D eigenvalue weighted by Gasteiger charge is -2.07. The number of phenols is 1. The fourth-order valence-corrected chi connectivity index (χ4v) is 1.69. The Bertz CT molecular complexity index is 506. The first kappa shape index (κ1) is 11.7. The molecule has 1 aromatic heterocycles. The van der Waals surface area contributed by atoms with Gasteiger partial charge >= 0.3 is 0 Å². The first-order chi connectivity index (χ1) is 8.16. The smallest absolute Gasteiger partial charge is 0.133 e. The molecule has 0 atom stereocenters. The van der Waals surface area contributed by atoms with Gasteiger partial charge in [0.25, 0.3) is 0 Å². The van der Waals surface area contributed by atoms with Crippen LogP contribution in [0.4, 0.5) is 0 Å². The minimum Gasteiger partial charge on any atom is -0.507 e. The summed E-state index contributed by atoms with van der Waals surface area (Å²) in [5.74, 6) is 1.16. The number of phenolic OH excluding ortho intramolecular Hbond substituents is 1. The summed E-state index contributed by atoms with van der Waals surface area (Å²) in [4.78, 5) is 0. The predicted octanol–water partition coefficient (Wildman–Crippen LogP) is 2.29. The molecule has 1 aromatic carbocycles. The molecule has 2 rings (SSSR count). The van der Waals surface area contributed by atoms with Gasteiger partial charge in [0, 0.05) is 24.7 Å². The number of para-hydroxylation sites is 1. The van der Waals surface area contributed by atoms with Crippen LogP contribution in [0.15, 0.2) is 28.8 Å². The molecule has 0 fully saturated rings. The lowest BCUT2D eigenvalue weighted by Crippen LogP contribution is -2.13. The first-order valence-electron chi connectivity index (χ1n) is 5.57. The largest absolute Gasteiger partial charge is 0.507 e. The topological polar surface area (TPSA) is 58.3 Å². The maximum absolute atomic E-state index is 9.82. The zero-order chi connectivity index (χ0) is 12.3. The zero-order valence-corrected chi connectivity index (χ0v) is 10.0. The zero-order valence-electron chi connectivity index (χ0n) is 10.0. The number of nitrogens with zero attached hydrogens (tertiary/aromatic N) is 1. The number of benzene rings is 1. The molecule has 0 bridgehead atoms. The molecule has 2 aromatic rings. The molecule has 0 amide bonds. The van der Waals surface area contributed by atoms with E-state index < -0.39 is 0 Å². The van der Waals surface area contributed by atoms with Crippen molar-refractivity contribution in [1.82, 2.24) is 10.5 Å². The quantitative estimate of drug-likeness (QED) is 0.849. The molecule has 0 aliphatic rings. The first-order valence-corrected chi connectivity index (χ1v) is 5.57. The second-order valence-corrected chi connectivity index (χ2v) is 4.12. The van der Waals surface area contributed by atoms with E-state index in [9.17, 15) is 5.11 Å². The molecule has 4 nitrogen and oxygen atoms in total. The van der Waals surface area contributed by atoms with Gasteiger partial charge in [-0.1, -0.05) is 23.4 Å². The summed E-state index contributed by atoms with van der Waals surface area (Å²) in [5.41, 5.74) is 2.65. The van der Waals surface area contributed by atoms with Crippen LogP contribution in [0.5, 0.6) is 5.75 Å². The molecule has 1 heterocycles. The van der Waals surface area contributed by atoms with E-state index in [1.165, 1.54) is 0 Å². The molecule has 0 aliphatic heterocycles. The molecule has 90 valence electrons. The summed E-state index contributed by atoms with van der Waals surface area (Å²) in [5, 5.41) is 16.9. The average Bonchev–Trinajstić information content (AvgIpc) is 2.70. The summed E-state index contributed by atoms with van der Waals surface area (Å²) in [6.07, 6.45) is 0. The number of rotatable bonds is 4. The molecule has 17 heavy (non-hydrogen) atoms. The Hall–Kier alpha value is -1.81. The van der Waals surface area contributed by atoms with Crippen molar-refractivity contribution >= 4 is 0 Å². The summed E-state index contributed by atoms with van der Waals surface area (Å²) < 4.78 is 4.97. The molecular weight excluding hydrogens is 216 g/mol. The summed E-state index contributed by atoms with van der Waals surface area (Å²) >= 11 is 0. The van der Waals surface area contributed by atoms with E-state index in [4.69, 9.17) is 4.52 Å². The van der Waals surface area contributed by atoms with Crippen molar-refractivity contribution < 1.29 is 9.63 Å². The van der Waals surface area contributed by atoms with Crippen molar-refractivity contribution in [2.75, 3.05) is 0 Å². The number of hydrogen-bond acceptors (Lipinski definition) is 4. The third-order valence-electron chi connectivity index (χ3n) is 2.62. The number of aryl methyl sites for hydroxylation is 2. The second-order valence-electron chi connectivity index (χ2n) is 4.12. The maximum atomic E-state index is 9.82. The van der Waals surface area contributed by atoms with E-state index in [1.54, 1.807) is 0 Å². The molecule has 0 aliphatic carbocycles. The molecule has 0 radical (unpaired) electrons. The minimum absolute atomic E-state index is 0.358. The van der Waals surface area contributed by atoms with Crippen LogP contribution in [-0.2, 0) is 13.1 Å². The highest BCUT2D eigenvalue weighted by Crippen LogP contribution is 2.20. The number of aromatic hydroxyl groups is 1. The molecule has 4 heteroatoms. The van der Waals surface area contributed by atoms with Crippen molar-refractivity contribution in [2.45, 2.75) is 26.9 Å². The molecule has 0 unspecified atom stereocenters. The van der Waals surface area contributed by atoms with Crippen LogP contribution in [-0.4, -0.2) is 10.3 Å². The third kappa shape index (κ3) is 2.85. The third-order valence-corrected chi connectivity index (χ3v) is 2.62. The molecule has 0 spiro atoms. The minimum atomic E-state index is 0.358. The second kappa shape index (κ2) is 5.01. The number of hydrogen-bond donors (Lipinski definition) is 2. The Labute approximate surface area is 100 Å². The van der Waals surface area contributed by atoms with Crippen LogP contribution in [0.1, 0.15) is 22.6 Å². The molecule has 0 saturated heterocycles. The Morgan fingerprint density at radius 3 is 2.82 bits per heavy atom. The van der Waals surface area contributed by atoms with E-state index in [2.05, 4.69) is 10.5 Å². The maximum Gasteiger partial charge on any atom is 0.133 e. The van der Waals surface area contributed by atoms with Crippen LogP contribution >= 0.6 is 0 Å². The normalized spacial score (nSPS) is 10.7. The van der Waals surface area contributed by atoms with Gasteiger partial charge in [-0.2, -0.15) is 0 Å².